The van der Waals surface area contributed by atoms with Gasteiger partial charge in [0.15, 0.2) is 11.5 Å². The number of ether oxygens (including phenoxy) is 2. The number of para-hydroxylation sites is 2. The molecule has 0 atom stereocenters. The Bertz CT molecular complexity index is 980. The average Bonchev–Trinajstić information content (AvgIpc) is 3.30. The second-order valence-electron chi connectivity index (χ2n) is 6.37. The van der Waals surface area contributed by atoms with Crippen LogP contribution < -0.4 is 14.8 Å². The molecule has 4 rings (SSSR count). The van der Waals surface area contributed by atoms with E-state index in [2.05, 4.69) is 5.32 Å². The number of aromatic nitrogens is 2. The van der Waals surface area contributed by atoms with Crippen molar-refractivity contribution in [2.24, 2.45) is 0 Å². The lowest BCUT2D eigenvalue weighted by Crippen LogP contribution is -2.17. The Morgan fingerprint density at radius 3 is 2.59 bits per heavy atom. The molecule has 1 aromatic heterocycles. The summed E-state index contributed by atoms with van der Waals surface area (Å²) < 4.78 is 12.5. The van der Waals surface area contributed by atoms with E-state index in [1.807, 2.05) is 35.0 Å². The van der Waals surface area contributed by atoms with Crippen molar-refractivity contribution in [3.8, 4) is 17.2 Å². The maximum Gasteiger partial charge on any atom is 0.260 e. The number of benzene rings is 2. The smallest absolute Gasteiger partial charge is 0.260 e. The van der Waals surface area contributed by atoms with Crippen LogP contribution in [0, 0.1) is 0 Å². The molecule has 0 fully saturated rings. The number of anilines is 1. The molecule has 1 heterocycles. The molecule has 1 aliphatic rings. The molecule has 3 aromatic rings. The fourth-order valence-corrected chi connectivity index (χ4v) is 3.52. The molecule has 0 radical (unpaired) electrons. The van der Waals surface area contributed by atoms with Crippen molar-refractivity contribution in [2.45, 2.75) is 19.3 Å². The Hall–Kier alpha value is -3.28. The number of hydrogen-bond donors (Lipinski definition) is 1. The lowest BCUT2D eigenvalue weighted by Gasteiger charge is -2.14. The molecular formula is C21H21N3O3. The van der Waals surface area contributed by atoms with Crippen LogP contribution in [0.3, 0.4) is 0 Å². The van der Waals surface area contributed by atoms with Crippen LogP contribution in [0.2, 0.25) is 0 Å². The summed E-state index contributed by atoms with van der Waals surface area (Å²) in [5, 5.41) is 7.79. The minimum Gasteiger partial charge on any atom is -0.493 e. The zero-order valence-electron chi connectivity index (χ0n) is 15.4. The number of fused-ring (bicyclic) bond motifs is 1. The van der Waals surface area contributed by atoms with Gasteiger partial charge in [0, 0.05) is 5.56 Å². The van der Waals surface area contributed by atoms with E-state index in [1.54, 1.807) is 25.3 Å². The number of rotatable bonds is 5. The number of carbonyl (C=O) groups is 1. The molecule has 2 aromatic carbocycles. The predicted octanol–water partition coefficient (Wildman–Crippen LogP) is 3.63. The number of nitrogens with zero attached hydrogens (tertiary/aromatic N) is 2. The first kappa shape index (κ1) is 17.1. The molecule has 1 N–H and O–H groups in total. The van der Waals surface area contributed by atoms with Crippen LogP contribution in [0.1, 0.15) is 28.0 Å². The van der Waals surface area contributed by atoms with Gasteiger partial charge in [-0.2, -0.15) is 5.10 Å². The fourth-order valence-electron chi connectivity index (χ4n) is 3.52. The van der Waals surface area contributed by atoms with Crippen molar-refractivity contribution < 1.29 is 14.3 Å². The predicted molar refractivity (Wildman–Crippen MR) is 103 cm³/mol. The third-order valence-corrected chi connectivity index (χ3v) is 4.79. The summed E-state index contributed by atoms with van der Waals surface area (Å²) in [4.78, 5) is 13.1. The molecule has 138 valence electrons. The summed E-state index contributed by atoms with van der Waals surface area (Å²) >= 11 is 0. The normalized spacial score (nSPS) is 12.5. The summed E-state index contributed by atoms with van der Waals surface area (Å²) in [6.45, 7) is 0. The van der Waals surface area contributed by atoms with Gasteiger partial charge in [-0.1, -0.05) is 24.3 Å². The summed E-state index contributed by atoms with van der Waals surface area (Å²) in [7, 11) is 3.08. The third kappa shape index (κ3) is 3.03. The van der Waals surface area contributed by atoms with E-state index in [-0.39, 0.29) is 5.91 Å². The van der Waals surface area contributed by atoms with Gasteiger partial charge in [0.2, 0.25) is 0 Å². The number of carbonyl (C=O) groups excluding carboxylic acids is 1. The second kappa shape index (κ2) is 7.15. The Kier molecular flexibility index (Phi) is 4.54. The van der Waals surface area contributed by atoms with Gasteiger partial charge in [0.25, 0.3) is 5.91 Å². The van der Waals surface area contributed by atoms with Crippen LogP contribution in [-0.4, -0.2) is 29.9 Å². The highest BCUT2D eigenvalue weighted by Crippen LogP contribution is 2.34. The number of hydrogen-bond acceptors (Lipinski definition) is 4. The Morgan fingerprint density at radius 2 is 1.85 bits per heavy atom. The van der Waals surface area contributed by atoms with Gasteiger partial charge in [0.1, 0.15) is 5.82 Å². The van der Waals surface area contributed by atoms with Gasteiger partial charge in [-0.15, -0.1) is 0 Å². The first-order valence-electron chi connectivity index (χ1n) is 8.91. The highest BCUT2D eigenvalue weighted by Gasteiger charge is 2.26. The molecule has 0 spiro atoms. The molecule has 0 bridgehead atoms. The molecule has 6 nitrogen and oxygen atoms in total. The van der Waals surface area contributed by atoms with Crippen molar-refractivity contribution in [2.75, 3.05) is 19.5 Å². The summed E-state index contributed by atoms with van der Waals surface area (Å²) in [6, 6.07) is 15.1. The van der Waals surface area contributed by atoms with E-state index >= 15 is 0 Å². The number of nitrogens with one attached hydrogen (secondary N) is 1. The summed E-state index contributed by atoms with van der Waals surface area (Å²) in [5.74, 6) is 1.41. The van der Waals surface area contributed by atoms with Crippen molar-refractivity contribution in [3.05, 3.63) is 65.4 Å². The number of amides is 1. The van der Waals surface area contributed by atoms with Gasteiger partial charge < -0.3 is 14.8 Å². The van der Waals surface area contributed by atoms with Crippen LogP contribution >= 0.6 is 0 Å². The lowest BCUT2D eigenvalue weighted by molar-refractivity contribution is 0.102. The quantitative estimate of drug-likeness (QED) is 0.752. The van der Waals surface area contributed by atoms with Gasteiger partial charge in [-0.25, -0.2) is 4.68 Å². The zero-order valence-corrected chi connectivity index (χ0v) is 15.4. The first-order valence-corrected chi connectivity index (χ1v) is 8.91. The van der Waals surface area contributed by atoms with Gasteiger partial charge >= 0.3 is 0 Å². The van der Waals surface area contributed by atoms with E-state index in [0.29, 0.717) is 17.1 Å². The number of methoxy groups -OCH3 is 2. The molecule has 1 aliphatic carbocycles. The van der Waals surface area contributed by atoms with E-state index in [9.17, 15) is 4.79 Å². The molecule has 27 heavy (non-hydrogen) atoms. The van der Waals surface area contributed by atoms with Crippen molar-refractivity contribution >= 4 is 11.7 Å². The van der Waals surface area contributed by atoms with Crippen LogP contribution in [0.5, 0.6) is 11.5 Å². The van der Waals surface area contributed by atoms with Gasteiger partial charge in [-0.05, 0) is 43.5 Å². The highest BCUT2D eigenvalue weighted by atomic mass is 16.5. The minimum absolute atomic E-state index is 0.252. The Morgan fingerprint density at radius 1 is 1.04 bits per heavy atom. The fraction of sp³-hybridized carbons (Fsp3) is 0.238. The van der Waals surface area contributed by atoms with Gasteiger partial charge in [0.05, 0.1) is 31.2 Å². The summed E-state index contributed by atoms with van der Waals surface area (Å²) in [6.07, 6.45) is 2.90. The van der Waals surface area contributed by atoms with E-state index in [1.165, 1.54) is 7.11 Å². The SMILES string of the molecule is COc1cccc(C(=O)Nc2c3c(nn2-c2ccccc2)CCC3)c1OC. The van der Waals surface area contributed by atoms with Crippen molar-refractivity contribution in [1.29, 1.82) is 0 Å². The largest absolute Gasteiger partial charge is 0.493 e. The molecule has 1 amide bonds. The molecule has 6 heteroatoms. The highest BCUT2D eigenvalue weighted by molar-refractivity contribution is 6.07. The Labute approximate surface area is 157 Å². The summed E-state index contributed by atoms with van der Waals surface area (Å²) in [5.41, 5.74) is 3.49. The van der Waals surface area contributed by atoms with Gasteiger partial charge in [-0.3, -0.25) is 4.79 Å². The Balaban J connectivity index is 1.74. The average molecular weight is 363 g/mol. The maximum atomic E-state index is 13.1. The first-order chi connectivity index (χ1) is 13.2. The lowest BCUT2D eigenvalue weighted by atomic mass is 10.1. The van der Waals surface area contributed by atoms with E-state index < -0.39 is 0 Å². The van der Waals surface area contributed by atoms with Crippen LogP contribution in [0.15, 0.2) is 48.5 Å². The maximum absolute atomic E-state index is 13.1. The standard InChI is InChI=1S/C21H21N3O3/c1-26-18-13-7-11-16(19(18)27-2)21(25)22-20-15-10-6-12-17(15)23-24(20)14-8-4-3-5-9-14/h3-5,7-9,11,13H,6,10,12H2,1-2H3,(H,22,25). The van der Waals surface area contributed by atoms with E-state index in [0.717, 1.165) is 42.0 Å². The van der Waals surface area contributed by atoms with Crippen molar-refractivity contribution in [3.63, 3.8) is 0 Å². The van der Waals surface area contributed by atoms with Crippen LogP contribution in [0.4, 0.5) is 5.82 Å². The van der Waals surface area contributed by atoms with Crippen LogP contribution in [0.25, 0.3) is 5.69 Å². The molecule has 0 saturated heterocycles. The third-order valence-electron chi connectivity index (χ3n) is 4.79. The monoisotopic (exact) mass is 363 g/mol. The molecule has 0 unspecified atom stereocenters. The zero-order chi connectivity index (χ0) is 18.8. The topological polar surface area (TPSA) is 65.4 Å². The number of aryl methyl sites for hydroxylation is 1. The minimum atomic E-state index is -0.252. The molecule has 0 saturated carbocycles. The molecule has 0 aliphatic heterocycles. The van der Waals surface area contributed by atoms with Crippen molar-refractivity contribution in [1.82, 2.24) is 9.78 Å². The van der Waals surface area contributed by atoms with Crippen LogP contribution in [-0.2, 0) is 12.8 Å². The molecular weight excluding hydrogens is 342 g/mol. The second-order valence-corrected chi connectivity index (χ2v) is 6.37. The van der Waals surface area contributed by atoms with E-state index in [4.69, 9.17) is 14.6 Å².